The van der Waals surface area contributed by atoms with Crippen LogP contribution in [-0.2, 0) is 21.4 Å². The molecule has 0 bridgehead atoms. The van der Waals surface area contributed by atoms with Crippen LogP contribution in [0.4, 0.5) is 5.69 Å². The molecule has 1 fully saturated rings. The molecular weight excluding hydrogens is 390 g/mol. The maximum atomic E-state index is 12.6. The second kappa shape index (κ2) is 9.39. The summed E-state index contributed by atoms with van der Waals surface area (Å²) < 4.78 is 31.8. The van der Waals surface area contributed by atoms with E-state index < -0.39 is 16.1 Å². The van der Waals surface area contributed by atoms with Gasteiger partial charge in [-0.15, -0.1) is 0 Å². The molecule has 1 saturated heterocycles. The molecule has 1 heterocycles. The van der Waals surface area contributed by atoms with Crippen molar-refractivity contribution < 1.29 is 17.9 Å². The molecule has 0 spiro atoms. The molecule has 0 aromatic heterocycles. The Morgan fingerprint density at radius 2 is 1.83 bits per heavy atom. The molecule has 156 valence electrons. The molecule has 2 N–H and O–H groups in total. The van der Waals surface area contributed by atoms with Crippen molar-refractivity contribution >= 4 is 21.6 Å². The number of benzene rings is 2. The molecule has 2 aromatic rings. The van der Waals surface area contributed by atoms with E-state index in [4.69, 9.17) is 4.74 Å². The van der Waals surface area contributed by atoms with Gasteiger partial charge in [-0.3, -0.25) is 4.79 Å². The van der Waals surface area contributed by atoms with Gasteiger partial charge in [0.05, 0.1) is 18.0 Å². The monoisotopic (exact) mass is 417 g/mol. The summed E-state index contributed by atoms with van der Waals surface area (Å²) in [6.07, 6.45) is 1.79. The summed E-state index contributed by atoms with van der Waals surface area (Å²) in [5.41, 5.74) is 1.57. The maximum absolute atomic E-state index is 12.6. The second-order valence-electron chi connectivity index (χ2n) is 7.08. The molecule has 1 atom stereocenters. The van der Waals surface area contributed by atoms with E-state index in [1.807, 2.05) is 24.3 Å². The molecule has 0 aliphatic carbocycles. The molecule has 8 heteroatoms. The van der Waals surface area contributed by atoms with Crippen LogP contribution in [0.1, 0.15) is 25.3 Å². The first-order valence-electron chi connectivity index (χ1n) is 9.67. The fourth-order valence-corrected chi connectivity index (χ4v) is 4.70. The number of rotatable bonds is 8. The summed E-state index contributed by atoms with van der Waals surface area (Å²) in [4.78, 5) is 12.7. The SMILES string of the molecule is COc1cccc(CN[C@@H](C)C(=O)Nc2ccc(S(=O)(=O)N3CCCC3)cc2)c1. The Morgan fingerprint density at radius 3 is 2.48 bits per heavy atom. The molecule has 29 heavy (non-hydrogen) atoms. The van der Waals surface area contributed by atoms with Crippen molar-refractivity contribution in [3.05, 3.63) is 54.1 Å². The third kappa shape index (κ3) is 5.35. The Kier molecular flexibility index (Phi) is 6.89. The molecule has 1 amide bonds. The highest BCUT2D eigenvalue weighted by Gasteiger charge is 2.27. The lowest BCUT2D eigenvalue weighted by Crippen LogP contribution is -2.37. The Labute approximate surface area is 172 Å². The zero-order valence-electron chi connectivity index (χ0n) is 16.7. The minimum absolute atomic E-state index is 0.192. The van der Waals surface area contributed by atoms with Crippen molar-refractivity contribution in [2.75, 3.05) is 25.5 Å². The topological polar surface area (TPSA) is 87.7 Å². The van der Waals surface area contributed by atoms with Crippen molar-refractivity contribution in [1.82, 2.24) is 9.62 Å². The highest BCUT2D eigenvalue weighted by atomic mass is 32.2. The van der Waals surface area contributed by atoms with E-state index in [2.05, 4.69) is 10.6 Å². The zero-order valence-corrected chi connectivity index (χ0v) is 17.5. The van der Waals surface area contributed by atoms with E-state index in [9.17, 15) is 13.2 Å². The summed E-state index contributed by atoms with van der Waals surface area (Å²) in [5.74, 6) is 0.577. The van der Waals surface area contributed by atoms with Gasteiger partial charge >= 0.3 is 0 Å². The molecule has 3 rings (SSSR count). The average molecular weight is 418 g/mol. The van der Waals surface area contributed by atoms with Crippen LogP contribution in [0.15, 0.2) is 53.4 Å². The Morgan fingerprint density at radius 1 is 1.14 bits per heavy atom. The van der Waals surface area contributed by atoms with Crippen molar-refractivity contribution in [3.63, 3.8) is 0 Å². The highest BCUT2D eigenvalue weighted by molar-refractivity contribution is 7.89. The minimum Gasteiger partial charge on any atom is -0.497 e. The number of hydrogen-bond donors (Lipinski definition) is 2. The average Bonchev–Trinajstić information content (AvgIpc) is 3.28. The number of nitrogens with one attached hydrogen (secondary N) is 2. The van der Waals surface area contributed by atoms with Crippen LogP contribution < -0.4 is 15.4 Å². The van der Waals surface area contributed by atoms with E-state index in [1.54, 1.807) is 26.2 Å². The minimum atomic E-state index is -3.45. The molecule has 1 aliphatic heterocycles. The number of sulfonamides is 1. The molecule has 7 nitrogen and oxygen atoms in total. The summed E-state index contributed by atoms with van der Waals surface area (Å²) in [6, 6.07) is 13.5. The third-order valence-corrected chi connectivity index (χ3v) is 6.88. The summed E-state index contributed by atoms with van der Waals surface area (Å²) >= 11 is 0. The lowest BCUT2D eigenvalue weighted by molar-refractivity contribution is -0.117. The summed E-state index contributed by atoms with van der Waals surface area (Å²) in [7, 11) is -1.83. The van der Waals surface area contributed by atoms with Crippen molar-refractivity contribution in [2.45, 2.75) is 37.2 Å². The van der Waals surface area contributed by atoms with Crippen LogP contribution in [0.2, 0.25) is 0 Å². The van der Waals surface area contributed by atoms with E-state index in [1.165, 1.54) is 16.4 Å². The number of nitrogens with zero attached hydrogens (tertiary/aromatic N) is 1. The van der Waals surface area contributed by atoms with Crippen molar-refractivity contribution in [3.8, 4) is 5.75 Å². The standard InChI is InChI=1S/C21H27N3O4S/c1-16(22-15-17-6-5-7-19(14-17)28-2)21(25)23-18-8-10-20(11-9-18)29(26,27)24-12-3-4-13-24/h5-11,14,16,22H,3-4,12-13,15H2,1-2H3,(H,23,25)/t16-/m0/s1. The Bertz CT molecular complexity index is 939. The van der Waals surface area contributed by atoms with Gasteiger partial charge in [-0.2, -0.15) is 4.31 Å². The maximum Gasteiger partial charge on any atom is 0.243 e. The first-order chi connectivity index (χ1) is 13.9. The second-order valence-corrected chi connectivity index (χ2v) is 9.02. The van der Waals surface area contributed by atoms with Gasteiger partial charge in [-0.25, -0.2) is 8.42 Å². The number of carbonyl (C=O) groups excluding carboxylic acids is 1. The van der Waals surface area contributed by atoms with Gasteiger partial charge in [0.15, 0.2) is 0 Å². The largest absolute Gasteiger partial charge is 0.497 e. The Balaban J connectivity index is 1.55. The van der Waals surface area contributed by atoms with Crippen LogP contribution in [0.3, 0.4) is 0 Å². The quantitative estimate of drug-likeness (QED) is 0.689. The molecular formula is C21H27N3O4S. The van der Waals surface area contributed by atoms with Gasteiger partial charge in [0, 0.05) is 25.3 Å². The van der Waals surface area contributed by atoms with Crippen LogP contribution in [0, 0.1) is 0 Å². The van der Waals surface area contributed by atoms with Crippen LogP contribution in [-0.4, -0.2) is 44.9 Å². The van der Waals surface area contributed by atoms with Crippen LogP contribution in [0.25, 0.3) is 0 Å². The smallest absolute Gasteiger partial charge is 0.243 e. The van der Waals surface area contributed by atoms with Crippen LogP contribution in [0.5, 0.6) is 5.75 Å². The van der Waals surface area contributed by atoms with Gasteiger partial charge in [-0.1, -0.05) is 12.1 Å². The summed E-state index contributed by atoms with van der Waals surface area (Å²) in [6.45, 7) is 3.44. The lowest BCUT2D eigenvalue weighted by atomic mass is 10.2. The zero-order chi connectivity index (χ0) is 20.9. The third-order valence-electron chi connectivity index (χ3n) is 4.96. The number of amides is 1. The number of ether oxygens (including phenoxy) is 1. The van der Waals surface area contributed by atoms with Gasteiger partial charge < -0.3 is 15.4 Å². The predicted molar refractivity (Wildman–Crippen MR) is 112 cm³/mol. The number of methoxy groups -OCH3 is 1. The normalized spacial score (nSPS) is 15.8. The fraction of sp³-hybridized carbons (Fsp3) is 0.381. The highest BCUT2D eigenvalue weighted by Crippen LogP contribution is 2.22. The number of anilines is 1. The van der Waals surface area contributed by atoms with E-state index in [0.29, 0.717) is 25.3 Å². The van der Waals surface area contributed by atoms with E-state index >= 15 is 0 Å². The first kappa shape index (κ1) is 21.3. The van der Waals surface area contributed by atoms with Gasteiger partial charge in [-0.05, 0) is 61.7 Å². The molecule has 0 unspecified atom stereocenters. The van der Waals surface area contributed by atoms with Crippen molar-refractivity contribution in [2.24, 2.45) is 0 Å². The lowest BCUT2D eigenvalue weighted by Gasteiger charge is -2.17. The van der Waals surface area contributed by atoms with E-state index in [0.717, 1.165) is 24.2 Å². The van der Waals surface area contributed by atoms with E-state index in [-0.39, 0.29) is 10.8 Å². The predicted octanol–water partition coefficient (Wildman–Crippen LogP) is 2.60. The van der Waals surface area contributed by atoms with Gasteiger partial charge in [0.25, 0.3) is 0 Å². The van der Waals surface area contributed by atoms with Crippen molar-refractivity contribution in [1.29, 1.82) is 0 Å². The molecule has 0 saturated carbocycles. The fourth-order valence-electron chi connectivity index (χ4n) is 3.18. The van der Waals surface area contributed by atoms with Gasteiger partial charge in [0.2, 0.25) is 15.9 Å². The van der Waals surface area contributed by atoms with Crippen LogP contribution >= 0.6 is 0 Å². The molecule has 2 aromatic carbocycles. The Hall–Kier alpha value is -2.42. The first-order valence-corrected chi connectivity index (χ1v) is 11.1. The molecule has 1 aliphatic rings. The van der Waals surface area contributed by atoms with Gasteiger partial charge in [0.1, 0.15) is 5.75 Å². The number of hydrogen-bond acceptors (Lipinski definition) is 5. The number of carbonyl (C=O) groups is 1. The molecule has 0 radical (unpaired) electrons. The summed E-state index contributed by atoms with van der Waals surface area (Å²) in [5, 5.41) is 5.99.